The Hall–Kier alpha value is -3.13. The summed E-state index contributed by atoms with van der Waals surface area (Å²) in [7, 11) is -3.65. The molecule has 1 heterocycles. The summed E-state index contributed by atoms with van der Waals surface area (Å²) >= 11 is 0. The van der Waals surface area contributed by atoms with Crippen molar-refractivity contribution >= 4 is 33.7 Å². The average molecular weight is 414 g/mol. The summed E-state index contributed by atoms with van der Waals surface area (Å²) in [5.41, 5.74) is 2.37. The molecule has 0 spiro atoms. The molecule has 1 N–H and O–H groups in total. The molecule has 1 aliphatic heterocycles. The van der Waals surface area contributed by atoms with Crippen LogP contribution < -0.4 is 9.62 Å². The molecule has 3 rings (SSSR count). The summed E-state index contributed by atoms with van der Waals surface area (Å²) in [6, 6.07) is 13.7. The van der Waals surface area contributed by atoms with E-state index in [9.17, 15) is 18.0 Å². The normalized spacial score (nSPS) is 13.3. The highest BCUT2D eigenvalue weighted by molar-refractivity contribution is 7.92. The van der Waals surface area contributed by atoms with E-state index in [1.54, 1.807) is 19.1 Å². The second kappa shape index (κ2) is 8.91. The molecule has 1 amide bonds. The van der Waals surface area contributed by atoms with Gasteiger partial charge in [-0.15, -0.1) is 0 Å². The molecule has 8 heteroatoms. The zero-order valence-electron chi connectivity index (χ0n) is 16.0. The second-order valence-corrected chi connectivity index (χ2v) is 8.28. The number of para-hydroxylation sites is 1. The lowest BCUT2D eigenvalue weighted by molar-refractivity contribution is -0.143. The van der Waals surface area contributed by atoms with Crippen LogP contribution in [0.3, 0.4) is 0 Å². The Morgan fingerprint density at radius 2 is 1.86 bits per heavy atom. The molecule has 0 bridgehead atoms. The standard InChI is InChI=1S/C21H22N2O5S/c1-2-22-20(24)15-28-21(25)12-9-16-7-10-18(11-8-16)29(26,27)23-14-13-17-5-3-4-6-19(17)23/h3-12H,2,13-15H2,1H3,(H,22,24)/b12-9+. The zero-order valence-corrected chi connectivity index (χ0v) is 16.8. The maximum atomic E-state index is 13.0. The summed E-state index contributed by atoms with van der Waals surface area (Å²) in [4.78, 5) is 23.1. The fraction of sp³-hybridized carbons (Fsp3) is 0.238. The maximum absolute atomic E-state index is 13.0. The lowest BCUT2D eigenvalue weighted by atomic mass is 10.2. The molecule has 2 aromatic carbocycles. The van der Waals surface area contributed by atoms with Crippen molar-refractivity contribution in [3.63, 3.8) is 0 Å². The van der Waals surface area contributed by atoms with Crippen LogP contribution in [0.25, 0.3) is 6.08 Å². The molecular weight excluding hydrogens is 392 g/mol. The van der Waals surface area contributed by atoms with Gasteiger partial charge in [0, 0.05) is 19.2 Å². The first-order chi connectivity index (χ1) is 13.9. The summed E-state index contributed by atoms with van der Waals surface area (Å²) in [6.07, 6.45) is 3.38. The fourth-order valence-electron chi connectivity index (χ4n) is 3.03. The Morgan fingerprint density at radius 3 is 2.59 bits per heavy atom. The minimum absolute atomic E-state index is 0.185. The number of esters is 1. The molecule has 2 aromatic rings. The van der Waals surface area contributed by atoms with Crippen molar-refractivity contribution in [1.82, 2.24) is 5.32 Å². The number of likely N-dealkylation sites (N-methyl/N-ethyl adjacent to an activating group) is 1. The Morgan fingerprint density at radius 1 is 1.14 bits per heavy atom. The summed E-state index contributed by atoms with van der Waals surface area (Å²) in [5, 5.41) is 2.52. The van der Waals surface area contributed by atoms with Crippen molar-refractivity contribution in [3.8, 4) is 0 Å². The van der Waals surface area contributed by atoms with Crippen molar-refractivity contribution in [2.24, 2.45) is 0 Å². The first kappa shape index (κ1) is 20.6. The minimum atomic E-state index is -3.65. The summed E-state index contributed by atoms with van der Waals surface area (Å²) in [5.74, 6) is -1.02. The molecule has 0 aliphatic carbocycles. The number of fused-ring (bicyclic) bond motifs is 1. The van der Waals surface area contributed by atoms with Crippen molar-refractivity contribution in [2.75, 3.05) is 24.0 Å². The lowest BCUT2D eigenvalue weighted by Gasteiger charge is -2.19. The Kier molecular flexibility index (Phi) is 6.33. The summed E-state index contributed by atoms with van der Waals surface area (Å²) in [6.45, 7) is 2.31. The number of sulfonamides is 1. The van der Waals surface area contributed by atoms with Crippen LogP contribution in [0.15, 0.2) is 59.5 Å². The number of nitrogens with one attached hydrogen (secondary N) is 1. The quantitative estimate of drug-likeness (QED) is 0.553. The lowest BCUT2D eigenvalue weighted by Crippen LogP contribution is -2.29. The first-order valence-corrected chi connectivity index (χ1v) is 10.7. The first-order valence-electron chi connectivity index (χ1n) is 9.24. The van der Waals surface area contributed by atoms with Gasteiger partial charge in [0.1, 0.15) is 0 Å². The molecule has 0 unspecified atom stereocenters. The smallest absolute Gasteiger partial charge is 0.331 e. The number of amides is 1. The number of hydrogen-bond acceptors (Lipinski definition) is 5. The van der Waals surface area contributed by atoms with Crippen LogP contribution in [0.2, 0.25) is 0 Å². The minimum Gasteiger partial charge on any atom is -0.452 e. The molecule has 0 fully saturated rings. The summed E-state index contributed by atoms with van der Waals surface area (Å²) < 4.78 is 32.2. The molecule has 7 nitrogen and oxygen atoms in total. The topological polar surface area (TPSA) is 92.8 Å². The van der Waals surface area contributed by atoms with E-state index in [1.165, 1.54) is 28.6 Å². The number of ether oxygens (including phenoxy) is 1. The van der Waals surface area contributed by atoms with Gasteiger partial charge in [0.2, 0.25) is 0 Å². The molecule has 0 saturated carbocycles. The van der Waals surface area contributed by atoms with Gasteiger partial charge in [-0.25, -0.2) is 13.2 Å². The van der Waals surface area contributed by atoms with Crippen LogP contribution in [-0.4, -0.2) is 40.0 Å². The Bertz CT molecular complexity index is 1030. The van der Waals surface area contributed by atoms with Gasteiger partial charge in [-0.2, -0.15) is 0 Å². The number of anilines is 1. The van der Waals surface area contributed by atoms with Gasteiger partial charge in [0.15, 0.2) is 6.61 Å². The van der Waals surface area contributed by atoms with Crippen LogP contribution in [-0.2, 0) is 30.8 Å². The molecule has 0 atom stereocenters. The van der Waals surface area contributed by atoms with Gasteiger partial charge >= 0.3 is 5.97 Å². The Labute approximate surface area is 170 Å². The number of carbonyl (C=O) groups excluding carboxylic acids is 2. The SMILES string of the molecule is CCNC(=O)COC(=O)/C=C/c1ccc(S(=O)(=O)N2CCc3ccccc32)cc1. The Balaban J connectivity index is 1.66. The van der Waals surface area contributed by atoms with Crippen molar-refractivity contribution in [2.45, 2.75) is 18.2 Å². The largest absolute Gasteiger partial charge is 0.452 e. The van der Waals surface area contributed by atoms with Gasteiger partial charge in [0.05, 0.1) is 10.6 Å². The van der Waals surface area contributed by atoms with E-state index in [0.717, 1.165) is 5.56 Å². The van der Waals surface area contributed by atoms with Gasteiger partial charge in [-0.3, -0.25) is 9.10 Å². The van der Waals surface area contributed by atoms with E-state index >= 15 is 0 Å². The highest BCUT2D eigenvalue weighted by Gasteiger charge is 2.30. The monoisotopic (exact) mass is 414 g/mol. The molecule has 0 aromatic heterocycles. The predicted octanol–water partition coefficient (Wildman–Crippen LogP) is 2.13. The van der Waals surface area contributed by atoms with Gasteiger partial charge in [-0.1, -0.05) is 30.3 Å². The van der Waals surface area contributed by atoms with Gasteiger partial charge in [0.25, 0.3) is 15.9 Å². The van der Waals surface area contributed by atoms with E-state index in [-0.39, 0.29) is 17.4 Å². The van der Waals surface area contributed by atoms with Crippen LogP contribution in [0, 0.1) is 0 Å². The third-order valence-electron chi connectivity index (χ3n) is 4.44. The number of carbonyl (C=O) groups is 2. The van der Waals surface area contributed by atoms with E-state index < -0.39 is 16.0 Å². The molecule has 29 heavy (non-hydrogen) atoms. The fourth-order valence-corrected chi connectivity index (χ4v) is 4.54. The van der Waals surface area contributed by atoms with E-state index in [1.807, 2.05) is 24.3 Å². The van der Waals surface area contributed by atoms with Crippen molar-refractivity contribution in [3.05, 3.63) is 65.7 Å². The van der Waals surface area contributed by atoms with Gasteiger partial charge < -0.3 is 10.1 Å². The average Bonchev–Trinajstić information content (AvgIpc) is 3.16. The number of hydrogen-bond donors (Lipinski definition) is 1. The molecule has 0 saturated heterocycles. The van der Waals surface area contributed by atoms with Crippen LogP contribution in [0.1, 0.15) is 18.1 Å². The van der Waals surface area contributed by atoms with Crippen LogP contribution >= 0.6 is 0 Å². The predicted molar refractivity (Wildman–Crippen MR) is 110 cm³/mol. The van der Waals surface area contributed by atoms with Crippen LogP contribution in [0.5, 0.6) is 0 Å². The maximum Gasteiger partial charge on any atom is 0.331 e. The van der Waals surface area contributed by atoms with E-state index in [2.05, 4.69) is 5.32 Å². The molecular formula is C21H22N2O5S. The molecule has 0 radical (unpaired) electrons. The molecule has 152 valence electrons. The third kappa shape index (κ3) is 4.83. The van der Waals surface area contributed by atoms with E-state index in [0.29, 0.717) is 30.8 Å². The number of nitrogens with zero attached hydrogens (tertiary/aromatic N) is 1. The second-order valence-electron chi connectivity index (χ2n) is 6.42. The van der Waals surface area contributed by atoms with Crippen molar-refractivity contribution in [1.29, 1.82) is 0 Å². The number of benzene rings is 2. The zero-order chi connectivity index (χ0) is 20.9. The van der Waals surface area contributed by atoms with E-state index in [4.69, 9.17) is 4.74 Å². The third-order valence-corrected chi connectivity index (χ3v) is 6.27. The highest BCUT2D eigenvalue weighted by Crippen LogP contribution is 2.32. The van der Waals surface area contributed by atoms with Crippen LogP contribution in [0.4, 0.5) is 5.69 Å². The highest BCUT2D eigenvalue weighted by atomic mass is 32.2. The number of rotatable bonds is 7. The molecule has 1 aliphatic rings. The van der Waals surface area contributed by atoms with Gasteiger partial charge in [-0.05, 0) is 48.7 Å². The van der Waals surface area contributed by atoms with Crippen molar-refractivity contribution < 1.29 is 22.7 Å².